The maximum atomic E-state index is 2.53. The third-order valence-corrected chi connectivity index (χ3v) is 8.32. The monoisotopic (exact) mass is 533 g/mol. The summed E-state index contributed by atoms with van der Waals surface area (Å²) in [5, 5.41) is 0. The minimum absolute atomic E-state index is 0.0588. The Morgan fingerprint density at radius 1 is 0.462 bits per heavy atom. The van der Waals surface area contributed by atoms with Crippen LogP contribution in [0.3, 0.4) is 0 Å². The van der Waals surface area contributed by atoms with E-state index >= 15 is 0 Å². The lowest BCUT2D eigenvalue weighted by Gasteiger charge is -2.39. The summed E-state index contributed by atoms with van der Waals surface area (Å²) in [7, 11) is 0. The van der Waals surface area contributed by atoms with Gasteiger partial charge in [0.2, 0.25) is 0 Å². The van der Waals surface area contributed by atoms with E-state index in [4.69, 9.17) is 0 Å². The molecule has 0 aliphatic heterocycles. The molecule has 1 atom stereocenters. The molecule has 0 fully saturated rings. The molecular formula is C39H64. The van der Waals surface area contributed by atoms with Crippen molar-refractivity contribution < 1.29 is 0 Å². The van der Waals surface area contributed by atoms with Crippen LogP contribution in [0.5, 0.6) is 0 Å². The molecule has 0 N–H and O–H groups in total. The molecule has 2 aromatic carbocycles. The molecule has 0 heterocycles. The van der Waals surface area contributed by atoms with Gasteiger partial charge in [-0.05, 0) is 89.3 Å². The molecule has 2 rings (SSSR count). The zero-order chi connectivity index (χ0) is 30.7. The van der Waals surface area contributed by atoms with Crippen LogP contribution in [-0.4, -0.2) is 0 Å². The van der Waals surface area contributed by atoms with Gasteiger partial charge in [-0.1, -0.05) is 156 Å². The molecule has 0 saturated carbocycles. The molecule has 0 aliphatic carbocycles. The Bertz CT molecular complexity index is 1120. The normalized spacial score (nSPS) is 15.1. The van der Waals surface area contributed by atoms with E-state index < -0.39 is 0 Å². The molecule has 0 radical (unpaired) electrons. The predicted molar refractivity (Wildman–Crippen MR) is 177 cm³/mol. The zero-order valence-corrected chi connectivity index (χ0v) is 29.6. The molecule has 39 heavy (non-hydrogen) atoms. The van der Waals surface area contributed by atoms with Crippen LogP contribution in [0, 0.1) is 0 Å². The van der Waals surface area contributed by atoms with Gasteiger partial charge in [-0.3, -0.25) is 0 Å². The van der Waals surface area contributed by atoms with Crippen LogP contribution in [0.4, 0.5) is 0 Å². The van der Waals surface area contributed by atoms with Gasteiger partial charge in [0.1, 0.15) is 0 Å². The van der Waals surface area contributed by atoms with Gasteiger partial charge in [-0.15, -0.1) is 0 Å². The van der Waals surface area contributed by atoms with Gasteiger partial charge in [0.25, 0.3) is 0 Å². The summed E-state index contributed by atoms with van der Waals surface area (Å²) in [5.41, 5.74) is 12.7. The van der Waals surface area contributed by atoms with E-state index in [1.54, 1.807) is 16.7 Å². The molecular weight excluding hydrogens is 468 g/mol. The predicted octanol–water partition coefficient (Wildman–Crippen LogP) is 11.8. The summed E-state index contributed by atoms with van der Waals surface area (Å²) in [6.45, 7) is 45.5. The molecule has 0 amide bonds. The lowest BCUT2D eigenvalue weighted by Crippen LogP contribution is -2.30. The smallest absolute Gasteiger partial charge is 0.0126 e. The SMILES string of the molecule is CC(Cc1c(C(C)(C)C)cc(C(C)(C)C)cc1C(C)(C)C)c1ccc(C(C)(C)C)c(C(C)(C)C)c1C(C)(C)C. The molecule has 2 aromatic rings. The van der Waals surface area contributed by atoms with E-state index in [0.717, 1.165) is 6.42 Å². The first-order chi connectivity index (χ1) is 17.1. The van der Waals surface area contributed by atoms with E-state index in [1.807, 2.05) is 0 Å². The number of hydrogen-bond acceptors (Lipinski definition) is 0. The van der Waals surface area contributed by atoms with Crippen LogP contribution in [0.25, 0.3) is 0 Å². The van der Waals surface area contributed by atoms with Gasteiger partial charge in [0.15, 0.2) is 0 Å². The van der Waals surface area contributed by atoms with Crippen LogP contribution >= 0.6 is 0 Å². The maximum Gasteiger partial charge on any atom is -0.0126 e. The molecule has 0 bridgehead atoms. The van der Waals surface area contributed by atoms with E-state index in [0.29, 0.717) is 5.92 Å². The number of hydrogen-bond donors (Lipinski definition) is 0. The quantitative estimate of drug-likeness (QED) is 0.369. The van der Waals surface area contributed by atoms with E-state index in [-0.39, 0.29) is 32.5 Å². The van der Waals surface area contributed by atoms with E-state index in [1.165, 1.54) is 27.8 Å². The summed E-state index contributed by atoms with van der Waals surface area (Å²) in [6.07, 6.45) is 1.06. The second-order valence-electron chi connectivity index (χ2n) is 18.6. The molecule has 1 unspecified atom stereocenters. The molecule has 0 saturated heterocycles. The fourth-order valence-electron chi connectivity index (χ4n) is 6.32. The Kier molecular flexibility index (Phi) is 8.94. The first-order valence-electron chi connectivity index (χ1n) is 15.4. The highest BCUT2D eigenvalue weighted by Crippen LogP contribution is 2.46. The van der Waals surface area contributed by atoms with Crippen molar-refractivity contribution in [1.29, 1.82) is 0 Å². The zero-order valence-electron chi connectivity index (χ0n) is 29.6. The maximum absolute atomic E-state index is 2.53. The van der Waals surface area contributed by atoms with Crippen molar-refractivity contribution in [3.8, 4) is 0 Å². The lowest BCUT2D eigenvalue weighted by atomic mass is 9.65. The van der Waals surface area contributed by atoms with Crippen molar-refractivity contribution in [1.82, 2.24) is 0 Å². The second-order valence-corrected chi connectivity index (χ2v) is 18.6. The summed E-state index contributed by atoms with van der Waals surface area (Å²) >= 11 is 0. The number of rotatable bonds is 3. The summed E-state index contributed by atoms with van der Waals surface area (Å²) in [6, 6.07) is 10.0. The Labute approximate surface area is 244 Å². The van der Waals surface area contributed by atoms with Gasteiger partial charge >= 0.3 is 0 Å². The summed E-state index contributed by atoms with van der Waals surface area (Å²) in [4.78, 5) is 0. The fraction of sp³-hybridized carbons (Fsp3) is 0.692. The largest absolute Gasteiger partial charge is 0.0581 e. The van der Waals surface area contributed by atoms with Gasteiger partial charge in [0, 0.05) is 0 Å². The van der Waals surface area contributed by atoms with Crippen molar-refractivity contribution in [2.24, 2.45) is 0 Å². The van der Waals surface area contributed by atoms with Crippen molar-refractivity contribution >= 4 is 0 Å². The lowest BCUT2D eigenvalue weighted by molar-refractivity contribution is 0.489. The Hall–Kier alpha value is -1.56. The Morgan fingerprint density at radius 2 is 0.846 bits per heavy atom. The molecule has 0 heteroatoms. The average Bonchev–Trinajstić information content (AvgIpc) is 2.68. The van der Waals surface area contributed by atoms with Gasteiger partial charge in [-0.25, -0.2) is 0 Å². The van der Waals surface area contributed by atoms with Crippen molar-refractivity contribution in [2.45, 2.75) is 176 Å². The van der Waals surface area contributed by atoms with Crippen LogP contribution in [0.2, 0.25) is 0 Å². The standard InChI is InChI=1S/C39H64/c1-25(27-20-21-29(35(5,6)7)33(39(17,18)19)32(27)38(14,15)16)22-28-30(36(8,9)10)23-26(34(2,3)4)24-31(28)37(11,12)13/h20-21,23-25H,22H2,1-19H3. The highest BCUT2D eigenvalue weighted by Gasteiger charge is 2.35. The van der Waals surface area contributed by atoms with Gasteiger partial charge in [-0.2, -0.15) is 0 Å². The van der Waals surface area contributed by atoms with Crippen LogP contribution < -0.4 is 0 Å². The minimum Gasteiger partial charge on any atom is -0.0581 e. The van der Waals surface area contributed by atoms with Crippen molar-refractivity contribution in [3.63, 3.8) is 0 Å². The third kappa shape index (κ3) is 7.59. The first-order valence-corrected chi connectivity index (χ1v) is 15.4. The highest BCUT2D eigenvalue weighted by molar-refractivity contribution is 5.53. The number of benzene rings is 2. The van der Waals surface area contributed by atoms with Crippen LogP contribution in [-0.2, 0) is 38.9 Å². The third-order valence-electron chi connectivity index (χ3n) is 8.32. The summed E-state index contributed by atoms with van der Waals surface area (Å²) in [5.74, 6) is 0.414. The van der Waals surface area contributed by atoms with Crippen molar-refractivity contribution in [3.05, 3.63) is 68.8 Å². The molecule has 0 spiro atoms. The minimum atomic E-state index is 0.0588. The van der Waals surface area contributed by atoms with E-state index in [2.05, 4.69) is 156 Å². The molecule has 0 aliphatic rings. The second kappa shape index (κ2) is 10.4. The Morgan fingerprint density at radius 3 is 1.15 bits per heavy atom. The molecule has 220 valence electrons. The van der Waals surface area contributed by atoms with Crippen LogP contribution in [0.1, 0.15) is 182 Å². The average molecular weight is 533 g/mol. The fourth-order valence-corrected chi connectivity index (χ4v) is 6.32. The van der Waals surface area contributed by atoms with E-state index in [9.17, 15) is 0 Å². The molecule has 0 nitrogen and oxygen atoms in total. The summed E-state index contributed by atoms with van der Waals surface area (Å²) < 4.78 is 0. The topological polar surface area (TPSA) is 0 Å². The Balaban J connectivity index is 2.96. The molecule has 0 aromatic heterocycles. The highest BCUT2D eigenvalue weighted by atomic mass is 14.4. The van der Waals surface area contributed by atoms with Gasteiger partial charge in [0.05, 0.1) is 0 Å². The van der Waals surface area contributed by atoms with Gasteiger partial charge < -0.3 is 0 Å². The van der Waals surface area contributed by atoms with Crippen molar-refractivity contribution in [2.75, 3.05) is 0 Å². The first kappa shape index (κ1) is 33.6. The van der Waals surface area contributed by atoms with Crippen LogP contribution in [0.15, 0.2) is 24.3 Å².